The van der Waals surface area contributed by atoms with Crippen molar-refractivity contribution in [2.45, 2.75) is 30.6 Å². The molecule has 6 heteroatoms. The van der Waals surface area contributed by atoms with Crippen LogP contribution in [0.25, 0.3) is 0 Å². The first-order valence-electron chi connectivity index (χ1n) is 6.19. The van der Waals surface area contributed by atoms with E-state index in [2.05, 4.69) is 0 Å². The Morgan fingerprint density at radius 2 is 2.28 bits per heavy atom. The van der Waals surface area contributed by atoms with Gasteiger partial charge in [0.25, 0.3) is 0 Å². The van der Waals surface area contributed by atoms with E-state index in [-0.39, 0.29) is 17.3 Å². The minimum Gasteiger partial charge on any atom is -0.467 e. The molecule has 18 heavy (non-hydrogen) atoms. The van der Waals surface area contributed by atoms with E-state index < -0.39 is 12.0 Å². The van der Waals surface area contributed by atoms with Gasteiger partial charge in [-0.2, -0.15) is 0 Å². The average Bonchev–Trinajstić information content (AvgIpc) is 2.85. The van der Waals surface area contributed by atoms with Gasteiger partial charge in [0, 0.05) is 6.54 Å². The Labute approximate surface area is 111 Å². The Morgan fingerprint density at radius 3 is 2.89 bits per heavy atom. The van der Waals surface area contributed by atoms with Gasteiger partial charge in [0.05, 0.1) is 25.1 Å². The van der Waals surface area contributed by atoms with Gasteiger partial charge in [-0.1, -0.05) is 0 Å². The molecule has 2 unspecified atom stereocenters. The third kappa shape index (κ3) is 2.49. The molecular weight excluding hydrogens is 254 g/mol. The van der Waals surface area contributed by atoms with E-state index in [1.54, 1.807) is 16.7 Å². The van der Waals surface area contributed by atoms with Crippen LogP contribution >= 0.6 is 11.8 Å². The third-order valence-corrected chi connectivity index (χ3v) is 5.04. The number of thioether (sulfide) groups is 1. The van der Waals surface area contributed by atoms with Crippen molar-refractivity contribution in [2.24, 2.45) is 0 Å². The number of ether oxygens (including phenoxy) is 2. The maximum Gasteiger partial charge on any atom is 0.331 e. The molecule has 0 N–H and O–H groups in total. The quantitative estimate of drug-likeness (QED) is 0.692. The lowest BCUT2D eigenvalue weighted by Gasteiger charge is -2.38. The van der Waals surface area contributed by atoms with Crippen molar-refractivity contribution in [3.05, 3.63) is 0 Å². The third-order valence-electron chi connectivity index (χ3n) is 3.53. The zero-order chi connectivity index (χ0) is 13.2. The lowest BCUT2D eigenvalue weighted by molar-refractivity contribution is -0.161. The van der Waals surface area contributed by atoms with Crippen LogP contribution in [0.2, 0.25) is 0 Å². The highest BCUT2D eigenvalue weighted by Gasteiger charge is 2.44. The van der Waals surface area contributed by atoms with Crippen LogP contribution < -0.4 is 0 Å². The summed E-state index contributed by atoms with van der Waals surface area (Å²) in [7, 11) is 1.34. The Kier molecular flexibility index (Phi) is 4.17. The summed E-state index contributed by atoms with van der Waals surface area (Å²) in [5.41, 5.74) is 0. The van der Waals surface area contributed by atoms with Crippen molar-refractivity contribution >= 4 is 23.6 Å². The molecule has 0 aromatic carbocycles. The molecule has 2 atom stereocenters. The van der Waals surface area contributed by atoms with Gasteiger partial charge in [-0.15, -0.1) is 11.8 Å². The number of hydrogen-bond acceptors (Lipinski definition) is 5. The summed E-state index contributed by atoms with van der Waals surface area (Å²) in [6.07, 6.45) is 1.93. The molecule has 2 heterocycles. The highest BCUT2D eigenvalue weighted by Crippen LogP contribution is 2.39. The Morgan fingerprint density at radius 1 is 1.50 bits per heavy atom. The highest BCUT2D eigenvalue weighted by atomic mass is 32.2. The van der Waals surface area contributed by atoms with Gasteiger partial charge in [0.15, 0.2) is 6.04 Å². The van der Waals surface area contributed by atoms with Crippen molar-refractivity contribution in [3.8, 4) is 0 Å². The first-order chi connectivity index (χ1) is 8.58. The second-order valence-corrected chi connectivity index (χ2v) is 6.39. The van der Waals surface area contributed by atoms with Gasteiger partial charge in [-0.05, 0) is 25.5 Å². The van der Waals surface area contributed by atoms with Gasteiger partial charge >= 0.3 is 5.97 Å². The van der Waals surface area contributed by atoms with Crippen molar-refractivity contribution in [2.75, 3.05) is 32.6 Å². The van der Waals surface area contributed by atoms with Crippen molar-refractivity contribution in [3.63, 3.8) is 0 Å². The molecule has 2 saturated heterocycles. The standard InChI is InChI=1S/C12H19NO4S/c1-12(4-3-7-18-12)11(15)13-5-6-17-8-9(13)10(14)16-2/h9H,3-8H2,1-2H3. The van der Waals surface area contributed by atoms with E-state index in [0.717, 1.165) is 18.6 Å². The van der Waals surface area contributed by atoms with Gasteiger partial charge in [0.1, 0.15) is 0 Å². The zero-order valence-corrected chi connectivity index (χ0v) is 11.6. The number of carbonyl (C=O) groups excluding carboxylic acids is 2. The van der Waals surface area contributed by atoms with Gasteiger partial charge in [0.2, 0.25) is 5.91 Å². The topological polar surface area (TPSA) is 55.8 Å². The van der Waals surface area contributed by atoms with Crippen molar-refractivity contribution in [1.82, 2.24) is 4.90 Å². The number of amides is 1. The highest BCUT2D eigenvalue weighted by molar-refractivity contribution is 8.01. The van der Waals surface area contributed by atoms with Crippen LogP contribution in [0, 0.1) is 0 Å². The second-order valence-electron chi connectivity index (χ2n) is 4.80. The summed E-state index contributed by atoms with van der Waals surface area (Å²) in [4.78, 5) is 25.9. The first-order valence-corrected chi connectivity index (χ1v) is 7.17. The minimum atomic E-state index is -0.589. The summed E-state index contributed by atoms with van der Waals surface area (Å²) in [6, 6.07) is -0.589. The predicted octanol–water partition coefficient (Wildman–Crippen LogP) is 0.672. The number of methoxy groups -OCH3 is 1. The SMILES string of the molecule is COC(=O)C1COCCN1C(=O)C1(C)CCCS1. The van der Waals surface area contributed by atoms with Crippen LogP contribution in [-0.4, -0.2) is 60.2 Å². The summed E-state index contributed by atoms with van der Waals surface area (Å²) >= 11 is 1.68. The average molecular weight is 273 g/mol. The zero-order valence-electron chi connectivity index (χ0n) is 10.8. The van der Waals surface area contributed by atoms with E-state index in [9.17, 15) is 9.59 Å². The molecule has 0 saturated carbocycles. The van der Waals surface area contributed by atoms with Crippen LogP contribution in [0.15, 0.2) is 0 Å². The molecule has 102 valence electrons. The largest absolute Gasteiger partial charge is 0.467 e. The molecule has 0 aromatic heterocycles. The van der Waals surface area contributed by atoms with Crippen LogP contribution in [0.5, 0.6) is 0 Å². The molecule has 2 rings (SSSR count). The molecule has 2 aliphatic heterocycles. The summed E-state index contributed by atoms with van der Waals surface area (Å²) < 4.78 is 9.64. The minimum absolute atomic E-state index is 0.0451. The molecule has 0 aliphatic carbocycles. The summed E-state index contributed by atoms with van der Waals surface area (Å²) in [5, 5.41) is 0. The van der Waals surface area contributed by atoms with Crippen LogP contribution in [0.1, 0.15) is 19.8 Å². The molecule has 5 nitrogen and oxygen atoms in total. The molecule has 2 aliphatic rings. The van der Waals surface area contributed by atoms with E-state index in [4.69, 9.17) is 9.47 Å². The smallest absolute Gasteiger partial charge is 0.331 e. The number of rotatable bonds is 2. The van der Waals surface area contributed by atoms with Crippen LogP contribution in [0.3, 0.4) is 0 Å². The number of carbonyl (C=O) groups is 2. The Bertz CT molecular complexity index is 341. The Balaban J connectivity index is 2.13. The van der Waals surface area contributed by atoms with Crippen molar-refractivity contribution in [1.29, 1.82) is 0 Å². The molecule has 0 spiro atoms. The van der Waals surface area contributed by atoms with E-state index >= 15 is 0 Å². The maximum atomic E-state index is 12.6. The van der Waals surface area contributed by atoms with Crippen LogP contribution in [-0.2, 0) is 19.1 Å². The first kappa shape index (κ1) is 13.7. The number of esters is 1. The van der Waals surface area contributed by atoms with Crippen molar-refractivity contribution < 1.29 is 19.1 Å². The van der Waals surface area contributed by atoms with E-state index in [0.29, 0.717) is 13.2 Å². The molecule has 1 amide bonds. The van der Waals surface area contributed by atoms with E-state index in [1.165, 1.54) is 7.11 Å². The normalized spacial score (nSPS) is 32.3. The summed E-state index contributed by atoms with van der Waals surface area (Å²) in [5.74, 6) is 0.661. The summed E-state index contributed by atoms with van der Waals surface area (Å²) in [6.45, 7) is 3.16. The molecular formula is C12H19NO4S. The van der Waals surface area contributed by atoms with Gasteiger partial charge in [-0.25, -0.2) is 4.79 Å². The molecule has 0 bridgehead atoms. The van der Waals surface area contributed by atoms with Gasteiger partial charge < -0.3 is 14.4 Å². The molecule has 0 radical (unpaired) electrons. The lowest BCUT2D eigenvalue weighted by atomic mass is 10.0. The second kappa shape index (κ2) is 5.48. The van der Waals surface area contributed by atoms with Gasteiger partial charge in [-0.3, -0.25) is 4.79 Å². The van der Waals surface area contributed by atoms with E-state index in [1.807, 2.05) is 6.92 Å². The predicted molar refractivity (Wildman–Crippen MR) is 68.4 cm³/mol. The van der Waals surface area contributed by atoms with Crippen LogP contribution in [0.4, 0.5) is 0 Å². The maximum absolute atomic E-state index is 12.6. The fraction of sp³-hybridized carbons (Fsp3) is 0.833. The Hall–Kier alpha value is -0.750. The number of hydrogen-bond donors (Lipinski definition) is 0. The molecule has 2 fully saturated rings. The lowest BCUT2D eigenvalue weighted by Crippen LogP contribution is -2.57. The number of morpholine rings is 1. The molecule has 0 aromatic rings. The number of nitrogens with zero attached hydrogens (tertiary/aromatic N) is 1. The fourth-order valence-corrected chi connectivity index (χ4v) is 3.70. The monoisotopic (exact) mass is 273 g/mol. The fourth-order valence-electron chi connectivity index (χ4n) is 2.43.